The number of methoxy groups -OCH3 is 1. The molecule has 1 amide bonds. The van der Waals surface area contributed by atoms with Gasteiger partial charge in [0.1, 0.15) is 11.6 Å². The van der Waals surface area contributed by atoms with Crippen molar-refractivity contribution in [2.75, 3.05) is 18.6 Å². The number of aliphatic hydroxyl groups excluding tert-OH is 1. The lowest BCUT2D eigenvalue weighted by Gasteiger charge is -2.27. The number of benzene rings is 3. The van der Waals surface area contributed by atoms with Crippen LogP contribution in [0, 0.1) is 5.82 Å². The monoisotopic (exact) mass is 475 g/mol. The van der Waals surface area contributed by atoms with Gasteiger partial charge in [-0.3, -0.25) is 14.5 Å². The Labute approximate surface area is 201 Å². The van der Waals surface area contributed by atoms with Gasteiger partial charge in [-0.25, -0.2) is 9.18 Å². The lowest BCUT2D eigenvalue weighted by molar-refractivity contribution is -0.117. The van der Waals surface area contributed by atoms with E-state index in [1.165, 1.54) is 61.7 Å². The molecule has 0 bridgehead atoms. The highest BCUT2D eigenvalue weighted by Crippen LogP contribution is 2.42. The van der Waals surface area contributed by atoms with Crippen LogP contribution in [0.25, 0.3) is 0 Å². The van der Waals surface area contributed by atoms with Crippen molar-refractivity contribution in [3.8, 4) is 5.75 Å². The summed E-state index contributed by atoms with van der Waals surface area (Å²) in [5.74, 6) is -2.91. The second kappa shape index (κ2) is 9.80. The van der Waals surface area contributed by atoms with Crippen LogP contribution in [0.3, 0.4) is 0 Å². The second-order valence-electron chi connectivity index (χ2n) is 7.69. The number of anilines is 1. The quantitative estimate of drug-likeness (QED) is 0.390. The fraction of sp³-hybridized carbons (Fsp3) is 0.148. The molecule has 0 fully saturated rings. The van der Waals surface area contributed by atoms with Gasteiger partial charge in [0, 0.05) is 16.8 Å². The van der Waals surface area contributed by atoms with Crippen molar-refractivity contribution in [3.05, 3.63) is 107 Å². The number of nitrogens with zero attached hydrogens (tertiary/aromatic N) is 1. The number of Topliss-reactive ketones (excluding diaryl/α,β-unsaturated/α-hetero) is 1. The number of carbonyl (C=O) groups excluding carboxylic acids is 3. The van der Waals surface area contributed by atoms with Gasteiger partial charge in [0.2, 0.25) is 0 Å². The van der Waals surface area contributed by atoms with Crippen molar-refractivity contribution < 1.29 is 33.4 Å². The average Bonchev–Trinajstić information content (AvgIpc) is 3.14. The van der Waals surface area contributed by atoms with Crippen LogP contribution < -0.4 is 9.64 Å². The fourth-order valence-electron chi connectivity index (χ4n) is 3.97. The molecule has 8 heteroatoms. The smallest absolute Gasteiger partial charge is 0.338 e. The maximum Gasteiger partial charge on any atom is 0.338 e. The number of halogens is 1. The summed E-state index contributed by atoms with van der Waals surface area (Å²) >= 11 is 0. The van der Waals surface area contributed by atoms with E-state index in [1.807, 2.05) is 0 Å². The molecule has 1 aliphatic heterocycles. The number of rotatable bonds is 7. The van der Waals surface area contributed by atoms with Gasteiger partial charge in [-0.05, 0) is 61.5 Å². The van der Waals surface area contributed by atoms with Crippen LogP contribution in [0.2, 0.25) is 0 Å². The zero-order chi connectivity index (χ0) is 25.1. The molecule has 3 aromatic carbocycles. The Bertz CT molecular complexity index is 1310. The summed E-state index contributed by atoms with van der Waals surface area (Å²) in [6, 6.07) is 16.5. The van der Waals surface area contributed by atoms with Crippen molar-refractivity contribution >= 4 is 23.3 Å². The zero-order valence-electron chi connectivity index (χ0n) is 19.0. The second-order valence-corrected chi connectivity index (χ2v) is 7.69. The summed E-state index contributed by atoms with van der Waals surface area (Å²) in [5, 5.41) is 10.8. The van der Waals surface area contributed by atoms with E-state index in [-0.39, 0.29) is 34.6 Å². The number of esters is 1. The zero-order valence-corrected chi connectivity index (χ0v) is 19.0. The van der Waals surface area contributed by atoms with Gasteiger partial charge in [-0.1, -0.05) is 18.2 Å². The molecule has 7 nitrogen and oxygen atoms in total. The van der Waals surface area contributed by atoms with E-state index in [0.29, 0.717) is 5.75 Å². The van der Waals surface area contributed by atoms with Crippen molar-refractivity contribution in [3.63, 3.8) is 0 Å². The summed E-state index contributed by atoms with van der Waals surface area (Å²) in [4.78, 5) is 39.8. The van der Waals surface area contributed by atoms with E-state index >= 15 is 0 Å². The first-order chi connectivity index (χ1) is 16.9. The number of carbonyl (C=O) groups is 3. The summed E-state index contributed by atoms with van der Waals surface area (Å²) < 4.78 is 25.0. The lowest BCUT2D eigenvalue weighted by atomic mass is 9.92. The third kappa shape index (κ3) is 4.38. The summed E-state index contributed by atoms with van der Waals surface area (Å²) in [5.41, 5.74) is 0.508. The van der Waals surface area contributed by atoms with E-state index in [1.54, 1.807) is 25.1 Å². The summed E-state index contributed by atoms with van der Waals surface area (Å²) in [6.07, 6.45) is 0. The number of aliphatic hydroxyl groups is 1. The number of hydrogen-bond acceptors (Lipinski definition) is 6. The van der Waals surface area contributed by atoms with Crippen LogP contribution in [0.15, 0.2) is 84.1 Å². The molecule has 0 saturated carbocycles. The Kier molecular flexibility index (Phi) is 6.64. The van der Waals surface area contributed by atoms with E-state index in [0.717, 1.165) is 4.90 Å². The Morgan fingerprint density at radius 1 is 0.971 bits per heavy atom. The number of hydrogen-bond donors (Lipinski definition) is 1. The van der Waals surface area contributed by atoms with Gasteiger partial charge in [0.15, 0.2) is 11.5 Å². The van der Waals surface area contributed by atoms with Gasteiger partial charge in [0.05, 0.1) is 30.9 Å². The predicted octanol–water partition coefficient (Wildman–Crippen LogP) is 4.79. The minimum atomic E-state index is -1.23. The molecule has 0 spiro atoms. The van der Waals surface area contributed by atoms with Gasteiger partial charge in [0.25, 0.3) is 5.91 Å². The minimum absolute atomic E-state index is 0.0382. The molecule has 0 aliphatic carbocycles. The van der Waals surface area contributed by atoms with Gasteiger partial charge in [-0.2, -0.15) is 0 Å². The first-order valence-electron chi connectivity index (χ1n) is 10.8. The van der Waals surface area contributed by atoms with E-state index in [9.17, 15) is 23.9 Å². The molecule has 0 saturated heterocycles. The molecule has 35 heavy (non-hydrogen) atoms. The largest absolute Gasteiger partial charge is 0.503 e. The molecule has 1 unspecified atom stereocenters. The average molecular weight is 475 g/mol. The standard InChI is InChI=1S/C27H22FNO6/c1-3-35-27(33)17-8-12-18(13-9-17)29-23(20-6-4-5-7-21(20)28)22(25(31)26(29)32)24(30)16-10-14-19(34-2)15-11-16/h4-15,23,31H,3H2,1-2H3. The van der Waals surface area contributed by atoms with Crippen molar-refractivity contribution in [2.24, 2.45) is 0 Å². The Morgan fingerprint density at radius 2 is 1.60 bits per heavy atom. The van der Waals surface area contributed by atoms with Gasteiger partial charge >= 0.3 is 5.97 Å². The molecule has 1 heterocycles. The molecule has 178 valence electrons. The van der Waals surface area contributed by atoms with Crippen LogP contribution in [0.4, 0.5) is 10.1 Å². The van der Waals surface area contributed by atoms with Crippen LogP contribution >= 0.6 is 0 Å². The van der Waals surface area contributed by atoms with Crippen molar-refractivity contribution in [1.29, 1.82) is 0 Å². The lowest BCUT2D eigenvalue weighted by Crippen LogP contribution is -2.31. The summed E-state index contributed by atoms with van der Waals surface area (Å²) in [6.45, 7) is 1.89. The highest BCUT2D eigenvalue weighted by atomic mass is 19.1. The fourth-order valence-corrected chi connectivity index (χ4v) is 3.97. The third-order valence-electron chi connectivity index (χ3n) is 5.66. The Hall–Kier alpha value is -4.46. The Morgan fingerprint density at radius 3 is 2.20 bits per heavy atom. The molecule has 1 N–H and O–H groups in total. The molecule has 0 aromatic heterocycles. The molecule has 4 rings (SSSR count). The normalized spacial score (nSPS) is 15.3. The van der Waals surface area contributed by atoms with E-state index < -0.39 is 35.3 Å². The van der Waals surface area contributed by atoms with Crippen LogP contribution in [-0.4, -0.2) is 36.5 Å². The van der Waals surface area contributed by atoms with Crippen LogP contribution in [0.5, 0.6) is 5.75 Å². The third-order valence-corrected chi connectivity index (χ3v) is 5.66. The molecular weight excluding hydrogens is 453 g/mol. The topological polar surface area (TPSA) is 93.1 Å². The predicted molar refractivity (Wildman–Crippen MR) is 126 cm³/mol. The van der Waals surface area contributed by atoms with E-state index in [4.69, 9.17) is 9.47 Å². The number of ether oxygens (including phenoxy) is 2. The number of ketones is 1. The van der Waals surface area contributed by atoms with Crippen molar-refractivity contribution in [1.82, 2.24) is 0 Å². The molecule has 0 radical (unpaired) electrons. The van der Waals surface area contributed by atoms with E-state index in [2.05, 4.69) is 0 Å². The minimum Gasteiger partial charge on any atom is -0.503 e. The maximum absolute atomic E-state index is 14.9. The first-order valence-corrected chi connectivity index (χ1v) is 10.8. The molecule has 3 aromatic rings. The first kappa shape index (κ1) is 23.7. The van der Waals surface area contributed by atoms with Crippen LogP contribution in [-0.2, 0) is 9.53 Å². The number of amides is 1. The van der Waals surface area contributed by atoms with Crippen LogP contribution in [0.1, 0.15) is 39.2 Å². The van der Waals surface area contributed by atoms with Gasteiger partial charge < -0.3 is 14.6 Å². The Balaban J connectivity index is 1.81. The highest BCUT2D eigenvalue weighted by molar-refractivity contribution is 6.21. The van der Waals surface area contributed by atoms with Gasteiger partial charge in [-0.15, -0.1) is 0 Å². The van der Waals surface area contributed by atoms with Crippen molar-refractivity contribution in [2.45, 2.75) is 13.0 Å². The molecular formula is C27H22FNO6. The highest BCUT2D eigenvalue weighted by Gasteiger charge is 2.45. The summed E-state index contributed by atoms with van der Waals surface area (Å²) in [7, 11) is 1.49. The molecule has 1 aliphatic rings. The molecule has 1 atom stereocenters. The maximum atomic E-state index is 14.9. The SMILES string of the molecule is CCOC(=O)c1ccc(N2C(=O)C(O)=C(C(=O)c3ccc(OC)cc3)C2c2ccccc2F)cc1.